The minimum absolute atomic E-state index is 0. The highest BCUT2D eigenvalue weighted by atomic mass is 35.5. The molecule has 0 saturated carbocycles. The minimum atomic E-state index is -0.281. The molecule has 2 rings (SSSR count). The molecule has 142 valence electrons. The van der Waals surface area contributed by atoms with Crippen LogP contribution >= 0.6 is 24.8 Å². The van der Waals surface area contributed by atoms with Crippen molar-refractivity contribution in [1.29, 1.82) is 0 Å². The molecule has 6 nitrogen and oxygen atoms in total. The van der Waals surface area contributed by atoms with Crippen LogP contribution in [-0.2, 0) is 0 Å². The average molecular weight is 399 g/mol. The molecular weight excluding hydrogens is 375 g/mol. The van der Waals surface area contributed by atoms with E-state index in [0.717, 1.165) is 5.56 Å². The van der Waals surface area contributed by atoms with Crippen LogP contribution in [0.5, 0.6) is 0 Å². The van der Waals surface area contributed by atoms with E-state index in [4.69, 9.17) is 5.73 Å². The van der Waals surface area contributed by atoms with Crippen LogP contribution in [0, 0.1) is 6.92 Å². The third-order valence-electron chi connectivity index (χ3n) is 3.58. The van der Waals surface area contributed by atoms with Crippen molar-refractivity contribution in [1.82, 2.24) is 10.3 Å². The lowest BCUT2D eigenvalue weighted by molar-refractivity contribution is 0.0953. The van der Waals surface area contributed by atoms with Crippen molar-refractivity contribution in [2.45, 2.75) is 26.3 Å². The molecule has 0 radical (unpaired) electrons. The van der Waals surface area contributed by atoms with E-state index in [1.807, 2.05) is 19.9 Å². The number of carbonyl (C=O) groups is 2. The minimum Gasteiger partial charge on any atom is -0.352 e. The Balaban J connectivity index is 0.00000312. The van der Waals surface area contributed by atoms with Gasteiger partial charge in [-0.15, -0.1) is 24.8 Å². The largest absolute Gasteiger partial charge is 0.352 e. The van der Waals surface area contributed by atoms with Gasteiger partial charge in [0.05, 0.1) is 11.3 Å². The number of aryl methyl sites for hydroxylation is 1. The number of pyridine rings is 1. The van der Waals surface area contributed by atoms with Crippen LogP contribution in [0.2, 0.25) is 0 Å². The quantitative estimate of drug-likeness (QED) is 0.696. The van der Waals surface area contributed by atoms with E-state index in [2.05, 4.69) is 15.6 Å². The van der Waals surface area contributed by atoms with E-state index in [9.17, 15) is 9.59 Å². The molecule has 26 heavy (non-hydrogen) atoms. The molecule has 1 atom stereocenters. The molecule has 0 spiro atoms. The first-order valence-electron chi connectivity index (χ1n) is 7.84. The van der Waals surface area contributed by atoms with E-state index >= 15 is 0 Å². The Morgan fingerprint density at radius 1 is 1.12 bits per heavy atom. The molecule has 4 N–H and O–H groups in total. The van der Waals surface area contributed by atoms with E-state index in [1.54, 1.807) is 36.7 Å². The van der Waals surface area contributed by atoms with Gasteiger partial charge in [0.1, 0.15) is 0 Å². The molecule has 0 bridgehead atoms. The summed E-state index contributed by atoms with van der Waals surface area (Å²) in [7, 11) is 0. The van der Waals surface area contributed by atoms with Crippen LogP contribution in [0.1, 0.15) is 39.6 Å². The topological polar surface area (TPSA) is 97.1 Å². The zero-order valence-electron chi connectivity index (χ0n) is 14.7. The van der Waals surface area contributed by atoms with Gasteiger partial charge in [-0.1, -0.05) is 12.1 Å². The molecule has 0 aliphatic carbocycles. The van der Waals surface area contributed by atoms with Gasteiger partial charge in [0.15, 0.2) is 0 Å². The maximum atomic E-state index is 12.4. The Kier molecular flexibility index (Phi) is 10.5. The smallest absolute Gasteiger partial charge is 0.255 e. The molecular formula is C18H24Cl2N4O2. The van der Waals surface area contributed by atoms with Crippen molar-refractivity contribution in [2.24, 2.45) is 5.73 Å². The highest BCUT2D eigenvalue weighted by Gasteiger charge is 2.16. The fourth-order valence-electron chi connectivity index (χ4n) is 2.22. The molecule has 0 fully saturated rings. The van der Waals surface area contributed by atoms with Gasteiger partial charge in [-0.2, -0.15) is 0 Å². The summed E-state index contributed by atoms with van der Waals surface area (Å²) in [6.45, 7) is 4.22. The van der Waals surface area contributed by atoms with Crippen LogP contribution in [0.3, 0.4) is 0 Å². The molecule has 0 aliphatic rings. The normalized spacial score (nSPS) is 10.7. The van der Waals surface area contributed by atoms with Gasteiger partial charge in [-0.05, 0) is 44.0 Å². The molecule has 2 aromatic rings. The fourth-order valence-corrected chi connectivity index (χ4v) is 2.22. The molecule has 8 heteroatoms. The molecule has 0 saturated heterocycles. The van der Waals surface area contributed by atoms with Crippen molar-refractivity contribution < 1.29 is 9.59 Å². The van der Waals surface area contributed by atoms with Gasteiger partial charge in [0.25, 0.3) is 11.8 Å². The monoisotopic (exact) mass is 398 g/mol. The second-order valence-corrected chi connectivity index (χ2v) is 5.71. The van der Waals surface area contributed by atoms with Gasteiger partial charge in [0, 0.05) is 30.5 Å². The van der Waals surface area contributed by atoms with Gasteiger partial charge in [-0.3, -0.25) is 14.6 Å². The second-order valence-electron chi connectivity index (χ2n) is 5.71. The van der Waals surface area contributed by atoms with E-state index < -0.39 is 0 Å². The van der Waals surface area contributed by atoms with E-state index in [0.29, 0.717) is 29.8 Å². The van der Waals surface area contributed by atoms with E-state index in [1.165, 1.54) is 0 Å². The number of para-hydroxylation sites is 1. The SMILES string of the molecule is Cc1cccc(C(=O)NCCC(C)N)c1NC(=O)c1ccncc1.Cl.Cl. The summed E-state index contributed by atoms with van der Waals surface area (Å²) in [6.07, 6.45) is 3.79. The summed E-state index contributed by atoms with van der Waals surface area (Å²) in [4.78, 5) is 28.7. The van der Waals surface area contributed by atoms with Crippen molar-refractivity contribution in [3.8, 4) is 0 Å². The average Bonchev–Trinajstić information content (AvgIpc) is 2.57. The van der Waals surface area contributed by atoms with Crippen molar-refractivity contribution >= 4 is 42.3 Å². The number of hydrogen-bond donors (Lipinski definition) is 3. The molecule has 1 unspecified atom stereocenters. The number of nitrogens with zero attached hydrogens (tertiary/aromatic N) is 1. The summed E-state index contributed by atoms with van der Waals surface area (Å²) in [6, 6.07) is 8.59. The van der Waals surface area contributed by atoms with Gasteiger partial charge in [0.2, 0.25) is 0 Å². The van der Waals surface area contributed by atoms with Crippen LogP contribution in [0.15, 0.2) is 42.7 Å². The van der Waals surface area contributed by atoms with Crippen molar-refractivity contribution in [3.63, 3.8) is 0 Å². The fraction of sp³-hybridized carbons (Fsp3) is 0.278. The Labute approximate surface area is 165 Å². The predicted octanol–water partition coefficient (Wildman–Crippen LogP) is 2.95. The van der Waals surface area contributed by atoms with Gasteiger partial charge < -0.3 is 16.4 Å². The Hall–Kier alpha value is -2.15. The standard InChI is InChI=1S/C18H22N4O2.2ClH/c1-12-4-3-5-15(18(24)21-11-6-13(2)19)16(12)22-17(23)14-7-9-20-10-8-14;;/h3-5,7-10,13H,6,11,19H2,1-2H3,(H,21,24)(H,22,23);2*1H. The molecule has 2 amide bonds. The highest BCUT2D eigenvalue weighted by molar-refractivity contribution is 6.09. The Bertz CT molecular complexity index is 724. The Morgan fingerprint density at radius 3 is 2.38 bits per heavy atom. The van der Waals surface area contributed by atoms with Crippen LogP contribution in [0.4, 0.5) is 5.69 Å². The lowest BCUT2D eigenvalue weighted by atomic mass is 10.1. The van der Waals surface area contributed by atoms with E-state index in [-0.39, 0.29) is 42.7 Å². The molecule has 1 aromatic heterocycles. The number of carbonyl (C=O) groups excluding carboxylic acids is 2. The lowest BCUT2D eigenvalue weighted by Crippen LogP contribution is -2.30. The number of halogens is 2. The van der Waals surface area contributed by atoms with Crippen molar-refractivity contribution in [2.75, 3.05) is 11.9 Å². The number of anilines is 1. The summed E-state index contributed by atoms with van der Waals surface area (Å²) in [5.74, 6) is -0.513. The second kappa shape index (κ2) is 11.5. The number of hydrogen-bond acceptors (Lipinski definition) is 4. The maximum absolute atomic E-state index is 12.4. The van der Waals surface area contributed by atoms with Gasteiger partial charge in [-0.25, -0.2) is 0 Å². The number of rotatable bonds is 6. The zero-order valence-corrected chi connectivity index (χ0v) is 16.3. The zero-order chi connectivity index (χ0) is 17.5. The summed E-state index contributed by atoms with van der Waals surface area (Å²) >= 11 is 0. The predicted molar refractivity (Wildman–Crippen MR) is 108 cm³/mol. The highest BCUT2D eigenvalue weighted by Crippen LogP contribution is 2.21. The number of nitrogens with one attached hydrogen (secondary N) is 2. The number of benzene rings is 1. The molecule has 1 heterocycles. The van der Waals surface area contributed by atoms with Crippen LogP contribution in [0.25, 0.3) is 0 Å². The van der Waals surface area contributed by atoms with Crippen LogP contribution in [-0.4, -0.2) is 29.4 Å². The first kappa shape index (κ1) is 23.9. The Morgan fingerprint density at radius 2 is 1.77 bits per heavy atom. The van der Waals surface area contributed by atoms with Gasteiger partial charge >= 0.3 is 0 Å². The summed E-state index contributed by atoms with van der Waals surface area (Å²) in [5, 5.41) is 5.65. The summed E-state index contributed by atoms with van der Waals surface area (Å²) < 4.78 is 0. The number of aromatic nitrogens is 1. The molecule has 0 aliphatic heterocycles. The lowest BCUT2D eigenvalue weighted by Gasteiger charge is -2.14. The van der Waals surface area contributed by atoms with Crippen molar-refractivity contribution in [3.05, 3.63) is 59.4 Å². The molecule has 1 aromatic carbocycles. The first-order valence-corrected chi connectivity index (χ1v) is 7.84. The van der Waals surface area contributed by atoms with Crippen LogP contribution < -0.4 is 16.4 Å². The third-order valence-corrected chi connectivity index (χ3v) is 3.58. The summed E-state index contributed by atoms with van der Waals surface area (Å²) in [5.41, 5.74) is 7.93. The number of nitrogens with two attached hydrogens (primary N) is 1. The number of amides is 2. The first-order chi connectivity index (χ1) is 11.5. The third kappa shape index (κ3) is 6.63. The maximum Gasteiger partial charge on any atom is 0.255 e.